The van der Waals surface area contributed by atoms with Crippen LogP contribution in [-0.4, -0.2) is 260 Å². The van der Waals surface area contributed by atoms with Crippen molar-refractivity contribution in [3.8, 4) is 0 Å². The molecule has 43 heteroatoms. The van der Waals surface area contributed by atoms with Crippen LogP contribution in [0.1, 0.15) is 143 Å². The van der Waals surface area contributed by atoms with Crippen LogP contribution in [0.3, 0.4) is 0 Å². The third kappa shape index (κ3) is 26.2. The summed E-state index contributed by atoms with van der Waals surface area (Å²) in [4.78, 5) is 96.5. The molecule has 4 saturated heterocycles. The first-order valence-corrected chi connectivity index (χ1v) is 48.8. The largest absolute Gasteiger partial charge is 0.416 e. The van der Waals surface area contributed by atoms with Gasteiger partial charge in [-0.2, -0.15) is 52.7 Å². The van der Waals surface area contributed by atoms with Gasteiger partial charge in [0.05, 0.1) is 102 Å². The van der Waals surface area contributed by atoms with E-state index in [0.717, 1.165) is 137 Å². The van der Waals surface area contributed by atoms with E-state index >= 15 is 0 Å². The summed E-state index contributed by atoms with van der Waals surface area (Å²) in [5.74, 6) is -1.37. The number of aliphatic hydroxyl groups is 4. The molecule has 3 saturated carbocycles. The number of β-amino-alcohol motifs (C(OH)–C–C–N with tert-alkyl or cyclic N) is 2. The summed E-state index contributed by atoms with van der Waals surface area (Å²) in [6.45, 7) is 13.9. The van der Waals surface area contributed by atoms with Crippen LogP contribution in [0.2, 0.25) is 0 Å². The number of aromatic nitrogens is 12. The molecule has 7 aliphatic rings. The zero-order chi connectivity index (χ0) is 104. The van der Waals surface area contributed by atoms with Gasteiger partial charge >= 0.3 is 24.7 Å². The lowest BCUT2D eigenvalue weighted by atomic mass is 9.88. The molecule has 7 unspecified atom stereocenters. The third-order valence-corrected chi connectivity index (χ3v) is 28.1. The maximum absolute atomic E-state index is 14.9. The van der Waals surface area contributed by atoms with E-state index in [1.165, 1.54) is 106 Å². The molecule has 19 rings (SSSR count). The third-order valence-electron chi connectivity index (χ3n) is 28.1. The fourth-order valence-corrected chi connectivity index (χ4v) is 19.9. The minimum Gasteiger partial charge on any atom is -0.389 e. The molecule has 28 nitrogen and oxygen atoms in total. The van der Waals surface area contributed by atoms with Crippen LogP contribution < -0.4 is 19.6 Å². The molecule has 12 heterocycles. The SMILES string of the molecule is CC(=O)CN1CCC(Cn2ccc3c(N(Cc4ccc(C(F)(F)F)cc4)C4CC4)ncnc32)C(F)(F)C1.CC(=O)CN1CCC(Cn2ccc3c(N(Cc4ccc(C(F)(F)F)cc4)C4CC4)ncnc32)C(F)C1.CC(=O)CN1CCC(O)(Cn2ccc3c(N(Cc4ccc(C(F)(F)F)cc4)C4CC4)ncnc32)C(O)C1.CCN(Cc1ccc(C(F)(F)F)cc1)c1ncnc2c1ccn2CC1(O)CCN(CC(C)=O)CC1O. The Bertz CT molecular complexity index is 6530. The average molecular weight is 2050 g/mol. The van der Waals surface area contributed by atoms with E-state index in [0.29, 0.717) is 125 Å². The van der Waals surface area contributed by atoms with Crippen molar-refractivity contribution in [3.05, 3.63) is 216 Å². The van der Waals surface area contributed by atoms with Gasteiger partial charge in [-0.25, -0.2) is 53.0 Å². The van der Waals surface area contributed by atoms with Crippen LogP contribution in [0.4, 0.5) is 89.1 Å². The van der Waals surface area contributed by atoms with Crippen molar-refractivity contribution in [1.29, 1.82) is 0 Å². The molecule has 146 heavy (non-hydrogen) atoms. The summed E-state index contributed by atoms with van der Waals surface area (Å²) < 4.78 is 207. The van der Waals surface area contributed by atoms with Crippen molar-refractivity contribution in [1.82, 2.24) is 77.7 Å². The van der Waals surface area contributed by atoms with Gasteiger partial charge in [-0.05, 0) is 207 Å². The Morgan fingerprint density at radius 3 is 0.993 bits per heavy atom. The highest BCUT2D eigenvalue weighted by molar-refractivity contribution is 5.91. The summed E-state index contributed by atoms with van der Waals surface area (Å²) in [6.07, 6.45) is -0.257. The second kappa shape index (κ2) is 44.1. The Balaban J connectivity index is 0.000000139. The Morgan fingerprint density at radius 2 is 0.678 bits per heavy atom. The number of carbonyl (C=O) groups is 4. The van der Waals surface area contributed by atoms with E-state index in [2.05, 4.69) is 54.6 Å². The molecule has 4 aliphatic heterocycles. The first kappa shape index (κ1) is 107. The standard InChI is InChI=1S/C26H28F5N5O.C26H29F4N5O.C26H30F3N5O3.C25H30F3N5O3/c1-17(37)12-34-10-8-20(25(27,28)15-34)14-35-11-9-22-23(35)32-16-33-24(22)36(21-6-7-21)13-18-2-4-19(5-3-18)26(29,30)31;1-17(36)12-33-10-8-19(23(27)15-33)14-34-11-9-22-24(34)31-16-32-25(22)35(21-6-7-21)13-18-2-4-20(5-3-18)26(28,29)30;1-17(35)12-32-11-9-25(37,22(36)14-32)15-33-10-8-21-23(33)30-16-31-24(21)34(20-6-7-20)13-18-2-4-19(5-3-18)26(27,28)29;1-3-32(13-18-4-6-19(7-5-18)25(26,27)28)22-20-8-10-33(23(20)30-16-29-22)15-24(36)9-11-31(12-17(2)34)14-21(24)35/h2-5,9,11,16,20-21H,6-8,10,12-15H2,1H3;2-5,9,11,16,19,21,23H,6-8,10,12-15H2,1H3;2-5,8,10,16,20,22,36-37H,6-7,9,11-15H2,1H3;4-8,10,16,21,35-36H,3,9,11-15H2,1-2H3. The van der Waals surface area contributed by atoms with Gasteiger partial charge in [0.25, 0.3) is 5.92 Å². The van der Waals surface area contributed by atoms with Gasteiger partial charge in [-0.3, -0.25) is 38.8 Å². The summed E-state index contributed by atoms with van der Waals surface area (Å²) >= 11 is 0. The average Bonchev–Trinajstić information content (AvgIpc) is 1.61. The Labute approximate surface area is 831 Å². The number of benzene rings is 4. The quantitative estimate of drug-likeness (QED) is 0.0285. The number of hydrogen-bond acceptors (Lipinski definition) is 24. The number of halogens is 15. The van der Waals surface area contributed by atoms with Gasteiger partial charge in [0, 0.05) is 133 Å². The molecule has 0 radical (unpaired) electrons. The Kier molecular flexibility index (Phi) is 32.2. The fourth-order valence-electron chi connectivity index (χ4n) is 19.9. The van der Waals surface area contributed by atoms with Crippen molar-refractivity contribution in [2.75, 3.05) is 105 Å². The molecule has 782 valence electrons. The lowest BCUT2D eigenvalue weighted by Crippen LogP contribution is -2.58. The molecule has 0 spiro atoms. The van der Waals surface area contributed by atoms with E-state index in [9.17, 15) is 105 Å². The zero-order valence-electron chi connectivity index (χ0n) is 81.2. The number of nitrogens with zero attached hydrogens (tertiary/aromatic N) is 20. The number of piperidine rings is 4. The molecule has 4 N–H and O–H groups in total. The lowest BCUT2D eigenvalue weighted by Gasteiger charge is -2.42. The predicted octanol–water partition coefficient (Wildman–Crippen LogP) is 15.9. The van der Waals surface area contributed by atoms with Gasteiger partial charge in [0.1, 0.15) is 112 Å². The van der Waals surface area contributed by atoms with Crippen molar-refractivity contribution in [2.24, 2.45) is 11.8 Å². The topological polar surface area (TPSA) is 298 Å². The molecule has 7 atom stereocenters. The van der Waals surface area contributed by atoms with Crippen molar-refractivity contribution < 1.29 is 105 Å². The second-order valence-electron chi connectivity index (χ2n) is 39.7. The number of ketones is 4. The van der Waals surface area contributed by atoms with Crippen LogP contribution in [0, 0.1) is 11.8 Å². The van der Waals surface area contributed by atoms with Gasteiger partial charge in [0.15, 0.2) is 0 Å². The van der Waals surface area contributed by atoms with E-state index in [1.807, 2.05) is 61.6 Å². The molecule has 12 aromatic rings. The summed E-state index contributed by atoms with van der Waals surface area (Å²) in [5.41, 5.74) is -0.0624. The molecule has 7 fully saturated rings. The summed E-state index contributed by atoms with van der Waals surface area (Å²) in [6, 6.07) is 28.8. The van der Waals surface area contributed by atoms with Crippen LogP contribution >= 0.6 is 0 Å². The van der Waals surface area contributed by atoms with Crippen LogP contribution in [0.25, 0.3) is 44.1 Å². The molecule has 0 bridgehead atoms. The van der Waals surface area contributed by atoms with E-state index in [-0.39, 0.29) is 119 Å². The summed E-state index contributed by atoms with van der Waals surface area (Å²) in [5, 5.41) is 46.9. The number of carbonyl (C=O) groups excluding carboxylic acids is 4. The second-order valence-corrected chi connectivity index (χ2v) is 39.7. The van der Waals surface area contributed by atoms with E-state index in [1.54, 1.807) is 32.3 Å². The highest BCUT2D eigenvalue weighted by Gasteiger charge is 2.48. The summed E-state index contributed by atoms with van der Waals surface area (Å²) in [7, 11) is 0. The number of fused-ring (bicyclic) bond motifs is 4. The maximum atomic E-state index is 14.9. The Morgan fingerprint density at radius 1 is 0.377 bits per heavy atom. The first-order valence-electron chi connectivity index (χ1n) is 48.8. The minimum atomic E-state index is -4.39. The number of hydrogen-bond donors (Lipinski definition) is 4. The normalized spacial score (nSPS) is 21.4. The fraction of sp³-hybridized carbons (Fsp3) is 0.495. The lowest BCUT2D eigenvalue weighted by molar-refractivity contribution is -0.138. The highest BCUT2D eigenvalue weighted by Crippen LogP contribution is 2.45. The number of rotatable bonds is 32. The van der Waals surface area contributed by atoms with Crippen molar-refractivity contribution in [2.45, 2.75) is 230 Å². The van der Waals surface area contributed by atoms with Gasteiger partial charge < -0.3 is 58.3 Å². The molecule has 3 aliphatic carbocycles. The molecule has 0 amide bonds. The van der Waals surface area contributed by atoms with Crippen molar-refractivity contribution in [3.63, 3.8) is 0 Å². The molecular weight excluding hydrogens is 1930 g/mol. The van der Waals surface area contributed by atoms with Gasteiger partial charge in [0.2, 0.25) is 0 Å². The number of likely N-dealkylation sites (tertiary alicyclic amines) is 4. The van der Waals surface area contributed by atoms with Crippen molar-refractivity contribution >= 4 is 90.5 Å². The van der Waals surface area contributed by atoms with E-state index in [4.69, 9.17) is 0 Å². The smallest absolute Gasteiger partial charge is 0.389 e. The number of alkyl halides is 15. The Hall–Kier alpha value is -12.1. The number of aliphatic hydroxyl groups excluding tert-OH is 2. The van der Waals surface area contributed by atoms with E-state index < -0.39 is 94.9 Å². The number of anilines is 4. The van der Waals surface area contributed by atoms with Gasteiger partial charge in [-0.15, -0.1) is 0 Å². The van der Waals surface area contributed by atoms with Gasteiger partial charge in [-0.1, -0.05) is 48.5 Å². The monoisotopic (exact) mass is 2050 g/mol. The first-order chi connectivity index (χ1) is 69.2. The van der Waals surface area contributed by atoms with Crippen LogP contribution in [0.15, 0.2) is 171 Å². The molecule has 8 aromatic heterocycles. The van der Waals surface area contributed by atoms with Crippen LogP contribution in [0.5, 0.6) is 0 Å². The highest BCUT2D eigenvalue weighted by atomic mass is 19.4. The molecule has 4 aromatic carbocycles. The minimum absolute atomic E-state index is 0.00467. The number of Topliss-reactive ketones (excluding diaryl/α,β-unsaturated/α-hetero) is 4. The maximum Gasteiger partial charge on any atom is 0.416 e. The zero-order valence-corrected chi connectivity index (χ0v) is 81.2. The van der Waals surface area contributed by atoms with Crippen LogP contribution in [-0.2, 0) is 96.2 Å². The molecular formula is C103H117F15N20O8. The predicted molar refractivity (Wildman–Crippen MR) is 516 cm³/mol.